The fraction of sp³-hybridized carbons (Fsp3) is 0.467. The molecule has 110 valence electrons. The Morgan fingerprint density at radius 3 is 2.65 bits per heavy atom. The normalized spacial score (nSPS) is 11.8. The number of amides is 2. The van der Waals surface area contributed by atoms with E-state index in [1.807, 2.05) is 13.8 Å². The van der Waals surface area contributed by atoms with E-state index >= 15 is 0 Å². The predicted octanol–water partition coefficient (Wildman–Crippen LogP) is 3.39. The molecule has 1 aromatic carbocycles. The molecule has 1 rings (SSSR count). The molecule has 0 saturated heterocycles. The van der Waals surface area contributed by atoms with Crippen molar-refractivity contribution in [2.45, 2.75) is 46.1 Å². The summed E-state index contributed by atoms with van der Waals surface area (Å²) in [6.45, 7) is 5.84. The SMILES string of the molecule is CCCCC(C)NC(=O)Nc1ccc(C)cc1C(=O)O. The maximum Gasteiger partial charge on any atom is 0.337 e. The maximum absolute atomic E-state index is 11.8. The van der Waals surface area contributed by atoms with Gasteiger partial charge in [-0.1, -0.05) is 31.4 Å². The molecule has 1 atom stereocenters. The number of carboxylic acids is 1. The minimum absolute atomic E-state index is 0.0636. The Morgan fingerprint density at radius 2 is 2.05 bits per heavy atom. The van der Waals surface area contributed by atoms with Crippen molar-refractivity contribution >= 4 is 17.7 Å². The van der Waals surface area contributed by atoms with E-state index in [1.54, 1.807) is 18.2 Å². The molecule has 0 aliphatic rings. The van der Waals surface area contributed by atoms with Gasteiger partial charge >= 0.3 is 12.0 Å². The number of hydrogen-bond acceptors (Lipinski definition) is 2. The van der Waals surface area contributed by atoms with Crippen molar-refractivity contribution in [2.75, 3.05) is 5.32 Å². The fourth-order valence-electron chi connectivity index (χ4n) is 1.91. The first-order valence-electron chi connectivity index (χ1n) is 6.85. The van der Waals surface area contributed by atoms with Crippen molar-refractivity contribution in [3.8, 4) is 0 Å². The molecule has 0 saturated carbocycles. The summed E-state index contributed by atoms with van der Waals surface area (Å²) >= 11 is 0. The fourth-order valence-corrected chi connectivity index (χ4v) is 1.91. The summed E-state index contributed by atoms with van der Waals surface area (Å²) in [5.74, 6) is -1.05. The van der Waals surface area contributed by atoms with Gasteiger partial charge in [0.1, 0.15) is 0 Å². The van der Waals surface area contributed by atoms with E-state index in [0.717, 1.165) is 24.8 Å². The number of carbonyl (C=O) groups is 2. The summed E-state index contributed by atoms with van der Waals surface area (Å²) in [5, 5.41) is 14.5. The van der Waals surface area contributed by atoms with E-state index in [2.05, 4.69) is 17.6 Å². The van der Waals surface area contributed by atoms with Crippen molar-refractivity contribution in [1.29, 1.82) is 0 Å². The number of carbonyl (C=O) groups excluding carboxylic acids is 1. The molecular weight excluding hydrogens is 256 g/mol. The number of benzene rings is 1. The van der Waals surface area contributed by atoms with Crippen LogP contribution in [0.1, 0.15) is 49.0 Å². The van der Waals surface area contributed by atoms with E-state index in [9.17, 15) is 9.59 Å². The smallest absolute Gasteiger partial charge is 0.337 e. The number of nitrogens with one attached hydrogen (secondary N) is 2. The van der Waals surface area contributed by atoms with Crippen LogP contribution >= 0.6 is 0 Å². The van der Waals surface area contributed by atoms with E-state index in [0.29, 0.717) is 5.69 Å². The number of unbranched alkanes of at least 4 members (excludes halogenated alkanes) is 1. The minimum atomic E-state index is -1.05. The molecule has 0 heterocycles. The Morgan fingerprint density at radius 1 is 1.35 bits per heavy atom. The van der Waals surface area contributed by atoms with Crippen molar-refractivity contribution in [2.24, 2.45) is 0 Å². The topological polar surface area (TPSA) is 78.4 Å². The van der Waals surface area contributed by atoms with Crippen LogP contribution in [0.3, 0.4) is 0 Å². The molecule has 1 aromatic rings. The average Bonchev–Trinajstić information content (AvgIpc) is 2.38. The first-order chi connectivity index (χ1) is 9.43. The number of carboxylic acid groups (broad SMARTS) is 1. The highest BCUT2D eigenvalue weighted by Crippen LogP contribution is 2.17. The molecular formula is C15H22N2O3. The third-order valence-corrected chi connectivity index (χ3v) is 3.02. The summed E-state index contributed by atoms with van der Waals surface area (Å²) in [5.41, 5.74) is 1.24. The van der Waals surface area contributed by atoms with E-state index < -0.39 is 5.97 Å². The Hall–Kier alpha value is -2.04. The van der Waals surface area contributed by atoms with Crippen LogP contribution in [0.5, 0.6) is 0 Å². The van der Waals surface area contributed by atoms with E-state index in [-0.39, 0.29) is 17.6 Å². The molecule has 5 heteroatoms. The van der Waals surface area contributed by atoms with Gasteiger partial charge in [0, 0.05) is 6.04 Å². The lowest BCUT2D eigenvalue weighted by atomic mass is 10.1. The van der Waals surface area contributed by atoms with E-state index in [4.69, 9.17) is 5.11 Å². The molecule has 2 amide bonds. The molecule has 0 aliphatic carbocycles. The second-order valence-corrected chi connectivity index (χ2v) is 5.00. The first-order valence-corrected chi connectivity index (χ1v) is 6.85. The summed E-state index contributed by atoms with van der Waals surface area (Å²) in [6.07, 6.45) is 3.03. The van der Waals surface area contributed by atoms with Crippen molar-refractivity contribution in [1.82, 2.24) is 5.32 Å². The van der Waals surface area contributed by atoms with Gasteiger partial charge in [-0.25, -0.2) is 9.59 Å². The lowest BCUT2D eigenvalue weighted by Crippen LogP contribution is -2.36. The number of aromatic carboxylic acids is 1. The van der Waals surface area contributed by atoms with Crippen LogP contribution in [0.25, 0.3) is 0 Å². The molecule has 0 radical (unpaired) electrons. The third kappa shape index (κ3) is 4.91. The highest BCUT2D eigenvalue weighted by atomic mass is 16.4. The van der Waals surface area contributed by atoms with Gasteiger partial charge in [-0.05, 0) is 32.4 Å². The second-order valence-electron chi connectivity index (χ2n) is 5.00. The van der Waals surface area contributed by atoms with Gasteiger partial charge in [-0.3, -0.25) is 0 Å². The number of anilines is 1. The van der Waals surface area contributed by atoms with Gasteiger partial charge < -0.3 is 15.7 Å². The molecule has 0 spiro atoms. The molecule has 0 bridgehead atoms. The van der Waals surface area contributed by atoms with Crippen molar-refractivity contribution < 1.29 is 14.7 Å². The van der Waals surface area contributed by atoms with Gasteiger partial charge in [0.05, 0.1) is 11.3 Å². The number of urea groups is 1. The average molecular weight is 278 g/mol. The number of hydrogen-bond donors (Lipinski definition) is 3. The standard InChI is InChI=1S/C15H22N2O3/c1-4-5-6-11(3)16-15(20)17-13-8-7-10(2)9-12(13)14(18)19/h7-9,11H,4-6H2,1-3H3,(H,18,19)(H2,16,17,20). The predicted molar refractivity (Wildman–Crippen MR) is 79.3 cm³/mol. The summed E-state index contributed by atoms with van der Waals surface area (Å²) in [4.78, 5) is 23.0. The zero-order valence-electron chi connectivity index (χ0n) is 12.2. The number of rotatable bonds is 6. The van der Waals surface area contributed by atoms with Crippen LogP contribution in [-0.2, 0) is 0 Å². The Balaban J connectivity index is 2.68. The molecule has 1 unspecified atom stereocenters. The number of aryl methyl sites for hydroxylation is 1. The van der Waals surface area contributed by atoms with Crippen LogP contribution < -0.4 is 10.6 Å². The lowest BCUT2D eigenvalue weighted by molar-refractivity contribution is 0.0698. The molecule has 3 N–H and O–H groups in total. The van der Waals surface area contributed by atoms with Crippen molar-refractivity contribution in [3.63, 3.8) is 0 Å². The summed E-state index contributed by atoms with van der Waals surface area (Å²) < 4.78 is 0. The largest absolute Gasteiger partial charge is 0.478 e. The lowest BCUT2D eigenvalue weighted by Gasteiger charge is -2.15. The van der Waals surface area contributed by atoms with Crippen LogP contribution in [0.2, 0.25) is 0 Å². The highest BCUT2D eigenvalue weighted by Gasteiger charge is 2.13. The van der Waals surface area contributed by atoms with Crippen LogP contribution in [-0.4, -0.2) is 23.1 Å². The molecule has 5 nitrogen and oxygen atoms in total. The Bertz CT molecular complexity index is 486. The second kappa shape index (κ2) is 7.53. The van der Waals surface area contributed by atoms with E-state index in [1.165, 1.54) is 0 Å². The van der Waals surface area contributed by atoms with Gasteiger partial charge in [0.15, 0.2) is 0 Å². The Labute approximate surface area is 119 Å². The Kier molecular flexibility index (Phi) is 6.03. The van der Waals surface area contributed by atoms with Gasteiger partial charge in [0.25, 0.3) is 0 Å². The van der Waals surface area contributed by atoms with Gasteiger partial charge in [-0.15, -0.1) is 0 Å². The van der Waals surface area contributed by atoms with Crippen LogP contribution in [0.4, 0.5) is 10.5 Å². The zero-order valence-corrected chi connectivity index (χ0v) is 12.2. The monoisotopic (exact) mass is 278 g/mol. The van der Waals surface area contributed by atoms with Crippen molar-refractivity contribution in [3.05, 3.63) is 29.3 Å². The zero-order chi connectivity index (χ0) is 15.1. The van der Waals surface area contributed by atoms with Crippen LogP contribution in [0.15, 0.2) is 18.2 Å². The molecule has 0 aromatic heterocycles. The summed E-state index contributed by atoms with van der Waals surface area (Å²) in [7, 11) is 0. The van der Waals surface area contributed by atoms with Crippen LogP contribution in [0, 0.1) is 6.92 Å². The quantitative estimate of drug-likeness (QED) is 0.746. The highest BCUT2D eigenvalue weighted by molar-refractivity contribution is 6.00. The first kappa shape index (κ1) is 16.0. The van der Waals surface area contributed by atoms with Gasteiger partial charge in [-0.2, -0.15) is 0 Å². The molecule has 0 aliphatic heterocycles. The van der Waals surface area contributed by atoms with Gasteiger partial charge in [0.2, 0.25) is 0 Å². The molecule has 20 heavy (non-hydrogen) atoms. The summed E-state index contributed by atoms with van der Waals surface area (Å²) in [6, 6.07) is 4.60. The molecule has 0 fully saturated rings. The maximum atomic E-state index is 11.8. The third-order valence-electron chi connectivity index (χ3n) is 3.02. The minimum Gasteiger partial charge on any atom is -0.478 e.